The van der Waals surface area contributed by atoms with Crippen molar-refractivity contribution < 1.29 is 9.59 Å². The van der Waals surface area contributed by atoms with Crippen molar-refractivity contribution in [1.29, 1.82) is 0 Å². The van der Waals surface area contributed by atoms with E-state index in [2.05, 4.69) is 15.6 Å². The van der Waals surface area contributed by atoms with Gasteiger partial charge in [0.25, 0.3) is 11.8 Å². The number of benzene rings is 1. The van der Waals surface area contributed by atoms with Gasteiger partial charge in [0.2, 0.25) is 0 Å². The van der Waals surface area contributed by atoms with Crippen LogP contribution in [0.4, 0.5) is 0 Å². The fourth-order valence-electron chi connectivity index (χ4n) is 2.20. The van der Waals surface area contributed by atoms with Gasteiger partial charge in [-0.15, -0.1) is 0 Å². The maximum atomic E-state index is 12.2. The Morgan fingerprint density at radius 1 is 1.38 bits per heavy atom. The summed E-state index contributed by atoms with van der Waals surface area (Å²) in [7, 11) is 0. The summed E-state index contributed by atoms with van der Waals surface area (Å²) < 4.78 is 1.63. The Morgan fingerprint density at radius 2 is 2.14 bits per heavy atom. The maximum absolute atomic E-state index is 12.2. The molecule has 1 aliphatic rings. The SMILES string of the molecule is O=C1NCCn2c1cnc2C(=O)NCc1ccc(Cl)cc1. The molecule has 2 amide bonds. The monoisotopic (exact) mass is 304 g/mol. The summed E-state index contributed by atoms with van der Waals surface area (Å²) in [5, 5.41) is 6.15. The van der Waals surface area contributed by atoms with Crippen molar-refractivity contribution in [2.24, 2.45) is 0 Å². The first kappa shape index (κ1) is 13.6. The van der Waals surface area contributed by atoms with Gasteiger partial charge < -0.3 is 15.2 Å². The number of fused-ring (bicyclic) bond motifs is 1. The van der Waals surface area contributed by atoms with E-state index in [0.29, 0.717) is 30.4 Å². The molecule has 108 valence electrons. The summed E-state index contributed by atoms with van der Waals surface area (Å²) in [5.41, 5.74) is 1.36. The quantitative estimate of drug-likeness (QED) is 0.895. The van der Waals surface area contributed by atoms with Crippen LogP contribution in [0.1, 0.15) is 26.7 Å². The van der Waals surface area contributed by atoms with Crippen LogP contribution in [0.15, 0.2) is 30.5 Å². The summed E-state index contributed by atoms with van der Waals surface area (Å²) in [6.45, 7) is 1.43. The number of carbonyl (C=O) groups is 2. The van der Waals surface area contributed by atoms with Gasteiger partial charge in [0.15, 0.2) is 5.82 Å². The minimum absolute atomic E-state index is 0.203. The molecule has 3 rings (SSSR count). The normalized spacial score (nSPS) is 13.5. The summed E-state index contributed by atoms with van der Waals surface area (Å²) >= 11 is 5.81. The lowest BCUT2D eigenvalue weighted by Gasteiger charge is -2.16. The Balaban J connectivity index is 1.71. The lowest BCUT2D eigenvalue weighted by atomic mass is 10.2. The van der Waals surface area contributed by atoms with Crippen molar-refractivity contribution in [3.05, 3.63) is 52.6 Å². The first-order valence-corrected chi connectivity index (χ1v) is 6.89. The van der Waals surface area contributed by atoms with Crippen LogP contribution in [0.25, 0.3) is 0 Å². The maximum Gasteiger partial charge on any atom is 0.287 e. The number of carbonyl (C=O) groups excluding carboxylic acids is 2. The molecule has 0 spiro atoms. The van der Waals surface area contributed by atoms with Crippen LogP contribution in [0.2, 0.25) is 5.02 Å². The number of imidazole rings is 1. The number of nitrogens with zero attached hydrogens (tertiary/aromatic N) is 2. The standard InChI is InChI=1S/C14H13ClN4O2/c15-10-3-1-9(2-4-10)7-18-14(21)12-17-8-11-13(20)16-5-6-19(11)12/h1-4,8H,5-7H2,(H,16,20)(H,18,21). The highest BCUT2D eigenvalue weighted by molar-refractivity contribution is 6.30. The van der Waals surface area contributed by atoms with Crippen LogP contribution in [-0.4, -0.2) is 27.9 Å². The average molecular weight is 305 g/mol. The summed E-state index contributed by atoms with van der Waals surface area (Å²) in [6.07, 6.45) is 1.42. The van der Waals surface area contributed by atoms with Crippen molar-refractivity contribution in [3.8, 4) is 0 Å². The molecular formula is C14H13ClN4O2. The number of aromatic nitrogens is 2. The fourth-order valence-corrected chi connectivity index (χ4v) is 2.33. The van der Waals surface area contributed by atoms with E-state index in [4.69, 9.17) is 11.6 Å². The zero-order chi connectivity index (χ0) is 14.8. The Bertz CT molecular complexity index is 693. The van der Waals surface area contributed by atoms with Crippen molar-refractivity contribution >= 4 is 23.4 Å². The van der Waals surface area contributed by atoms with Crippen LogP contribution in [0.3, 0.4) is 0 Å². The Labute approximate surface area is 126 Å². The second kappa shape index (κ2) is 5.57. The smallest absolute Gasteiger partial charge is 0.287 e. The molecule has 0 unspecified atom stereocenters. The molecule has 6 nitrogen and oxygen atoms in total. The van der Waals surface area contributed by atoms with Crippen LogP contribution < -0.4 is 10.6 Å². The van der Waals surface area contributed by atoms with E-state index in [0.717, 1.165) is 5.56 Å². The molecule has 2 heterocycles. The molecule has 0 saturated carbocycles. The highest BCUT2D eigenvalue weighted by Gasteiger charge is 2.23. The van der Waals surface area contributed by atoms with E-state index >= 15 is 0 Å². The number of rotatable bonds is 3. The molecule has 0 radical (unpaired) electrons. The largest absolute Gasteiger partial charge is 0.349 e. The summed E-state index contributed by atoms with van der Waals surface area (Å²) in [6, 6.07) is 7.23. The van der Waals surface area contributed by atoms with Gasteiger partial charge in [0.05, 0.1) is 6.20 Å². The predicted octanol–water partition coefficient (Wildman–Crippen LogP) is 1.21. The van der Waals surface area contributed by atoms with Crippen molar-refractivity contribution in [2.45, 2.75) is 13.1 Å². The lowest BCUT2D eigenvalue weighted by molar-refractivity contribution is 0.0917. The molecule has 0 bridgehead atoms. The zero-order valence-electron chi connectivity index (χ0n) is 11.1. The van der Waals surface area contributed by atoms with Gasteiger partial charge in [0.1, 0.15) is 5.69 Å². The number of amides is 2. The third kappa shape index (κ3) is 2.75. The molecule has 1 aliphatic heterocycles. The molecule has 1 aromatic heterocycles. The highest BCUT2D eigenvalue weighted by Crippen LogP contribution is 2.11. The van der Waals surface area contributed by atoms with E-state index < -0.39 is 0 Å². The van der Waals surface area contributed by atoms with Crippen molar-refractivity contribution in [1.82, 2.24) is 20.2 Å². The number of hydrogen-bond acceptors (Lipinski definition) is 3. The van der Waals surface area contributed by atoms with Gasteiger partial charge in [-0.1, -0.05) is 23.7 Å². The molecule has 0 saturated heterocycles. The van der Waals surface area contributed by atoms with Gasteiger partial charge in [-0.2, -0.15) is 0 Å². The summed E-state index contributed by atoms with van der Waals surface area (Å²) in [5.74, 6) is -0.245. The molecule has 0 atom stereocenters. The van der Waals surface area contributed by atoms with E-state index in [-0.39, 0.29) is 17.6 Å². The van der Waals surface area contributed by atoms with Gasteiger partial charge in [-0.25, -0.2) is 4.98 Å². The van der Waals surface area contributed by atoms with Crippen molar-refractivity contribution in [2.75, 3.05) is 6.54 Å². The topological polar surface area (TPSA) is 76.0 Å². The van der Waals surface area contributed by atoms with E-state index in [1.807, 2.05) is 12.1 Å². The molecule has 1 aromatic carbocycles. The molecule has 0 fully saturated rings. The predicted molar refractivity (Wildman–Crippen MR) is 77.2 cm³/mol. The Morgan fingerprint density at radius 3 is 2.90 bits per heavy atom. The first-order chi connectivity index (χ1) is 10.1. The van der Waals surface area contributed by atoms with E-state index in [9.17, 15) is 9.59 Å². The minimum Gasteiger partial charge on any atom is -0.349 e. The van der Waals surface area contributed by atoms with E-state index in [1.165, 1.54) is 6.20 Å². The molecule has 2 aromatic rings. The number of halogens is 1. The third-order valence-corrected chi connectivity index (χ3v) is 3.53. The molecule has 2 N–H and O–H groups in total. The van der Waals surface area contributed by atoms with Crippen LogP contribution in [-0.2, 0) is 13.1 Å². The highest BCUT2D eigenvalue weighted by atomic mass is 35.5. The lowest BCUT2D eigenvalue weighted by Crippen LogP contribution is -2.37. The fraction of sp³-hybridized carbons (Fsp3) is 0.214. The van der Waals surface area contributed by atoms with E-state index in [1.54, 1.807) is 16.7 Å². The van der Waals surface area contributed by atoms with Gasteiger partial charge in [0, 0.05) is 24.7 Å². The van der Waals surface area contributed by atoms with Crippen molar-refractivity contribution in [3.63, 3.8) is 0 Å². The molecule has 21 heavy (non-hydrogen) atoms. The number of nitrogens with one attached hydrogen (secondary N) is 2. The summed E-state index contributed by atoms with van der Waals surface area (Å²) in [4.78, 5) is 27.8. The van der Waals surface area contributed by atoms with Gasteiger partial charge >= 0.3 is 0 Å². The third-order valence-electron chi connectivity index (χ3n) is 3.28. The van der Waals surface area contributed by atoms with Crippen LogP contribution in [0.5, 0.6) is 0 Å². The van der Waals surface area contributed by atoms with Crippen LogP contribution in [0, 0.1) is 0 Å². The Hall–Kier alpha value is -2.34. The number of hydrogen-bond donors (Lipinski definition) is 2. The second-order valence-electron chi connectivity index (χ2n) is 4.68. The minimum atomic E-state index is -0.300. The molecule has 0 aliphatic carbocycles. The van der Waals surface area contributed by atoms with Gasteiger partial charge in [-0.3, -0.25) is 9.59 Å². The first-order valence-electron chi connectivity index (χ1n) is 6.51. The zero-order valence-corrected chi connectivity index (χ0v) is 11.9. The second-order valence-corrected chi connectivity index (χ2v) is 5.12. The van der Waals surface area contributed by atoms with Gasteiger partial charge in [-0.05, 0) is 17.7 Å². The Kier molecular flexibility index (Phi) is 3.62. The average Bonchev–Trinajstić information content (AvgIpc) is 2.92. The van der Waals surface area contributed by atoms with Crippen LogP contribution >= 0.6 is 11.6 Å². The molecule has 7 heteroatoms. The molecular weight excluding hydrogens is 292 g/mol.